The Bertz CT molecular complexity index is 751. The monoisotopic (exact) mass is 366 g/mol. The third-order valence-corrected chi connectivity index (χ3v) is 4.00. The molecule has 0 bridgehead atoms. The molecule has 0 spiro atoms. The van der Waals surface area contributed by atoms with Crippen molar-refractivity contribution in [3.63, 3.8) is 0 Å². The number of benzene rings is 2. The molecule has 0 aromatic heterocycles. The summed E-state index contributed by atoms with van der Waals surface area (Å²) < 4.78 is 5.38. The van der Waals surface area contributed by atoms with E-state index < -0.39 is 5.97 Å². The molecule has 0 saturated carbocycles. The summed E-state index contributed by atoms with van der Waals surface area (Å²) in [5.74, 6) is -0.0728. The summed E-state index contributed by atoms with van der Waals surface area (Å²) >= 11 is 11.9. The Labute approximate surface area is 149 Å². The number of ether oxygens (including phenoxy) is 1. The van der Waals surface area contributed by atoms with Crippen LogP contribution in [0.25, 0.3) is 0 Å². The summed E-state index contributed by atoms with van der Waals surface area (Å²) in [4.78, 5) is 16.4. The van der Waals surface area contributed by atoms with E-state index in [9.17, 15) is 4.79 Å². The molecule has 2 aromatic carbocycles. The minimum atomic E-state index is -0.669. The quantitative estimate of drug-likeness (QED) is 0.377. The molecular formula is C17H16Cl2N2O3. The van der Waals surface area contributed by atoms with E-state index in [1.165, 1.54) is 0 Å². The Morgan fingerprint density at radius 3 is 2.29 bits per heavy atom. The summed E-state index contributed by atoms with van der Waals surface area (Å²) in [6.45, 7) is 3.42. The molecule has 0 heterocycles. The van der Waals surface area contributed by atoms with Crippen LogP contribution in [0.1, 0.15) is 16.7 Å². The van der Waals surface area contributed by atoms with Crippen molar-refractivity contribution < 1.29 is 14.4 Å². The number of nitrogens with zero attached hydrogens (tertiary/aromatic N) is 1. The third-order valence-electron chi connectivity index (χ3n) is 3.15. The maximum atomic E-state index is 11.7. The van der Waals surface area contributed by atoms with Gasteiger partial charge in [0.2, 0.25) is 0 Å². The highest BCUT2D eigenvalue weighted by atomic mass is 35.5. The van der Waals surface area contributed by atoms with Gasteiger partial charge in [-0.1, -0.05) is 28.4 Å². The fourth-order valence-electron chi connectivity index (χ4n) is 1.93. The molecule has 2 aromatic rings. The number of carbonyl (C=O) groups is 1. The van der Waals surface area contributed by atoms with Crippen LogP contribution in [0.5, 0.6) is 5.75 Å². The van der Waals surface area contributed by atoms with Gasteiger partial charge in [0.25, 0.3) is 0 Å². The van der Waals surface area contributed by atoms with E-state index in [1.807, 2.05) is 13.8 Å². The van der Waals surface area contributed by atoms with Gasteiger partial charge < -0.3 is 15.3 Å². The molecule has 7 heteroatoms. The maximum absolute atomic E-state index is 11.7. The lowest BCUT2D eigenvalue weighted by atomic mass is 10.1. The molecule has 0 amide bonds. The fraction of sp³-hybridized carbons (Fsp3) is 0.176. The van der Waals surface area contributed by atoms with E-state index in [2.05, 4.69) is 5.16 Å². The van der Waals surface area contributed by atoms with Crippen LogP contribution in [0.2, 0.25) is 10.0 Å². The number of amidine groups is 1. The van der Waals surface area contributed by atoms with Gasteiger partial charge in [0.1, 0.15) is 5.75 Å². The predicted octanol–water partition coefficient (Wildman–Crippen LogP) is 3.85. The zero-order chi connectivity index (χ0) is 17.7. The number of nitrogens with two attached hydrogens (primary N) is 1. The van der Waals surface area contributed by atoms with Gasteiger partial charge >= 0.3 is 5.97 Å². The van der Waals surface area contributed by atoms with Gasteiger partial charge in [-0.15, -0.1) is 0 Å². The molecule has 0 aliphatic rings. The molecule has 24 heavy (non-hydrogen) atoms. The second-order valence-electron chi connectivity index (χ2n) is 5.11. The highest BCUT2D eigenvalue weighted by Gasteiger charge is 2.08. The van der Waals surface area contributed by atoms with Crippen molar-refractivity contribution >= 4 is 35.0 Å². The number of aryl methyl sites for hydroxylation is 2. The lowest BCUT2D eigenvalue weighted by molar-refractivity contribution is -0.146. The normalized spacial score (nSPS) is 11.2. The van der Waals surface area contributed by atoms with Crippen LogP contribution in [-0.4, -0.2) is 18.4 Å². The van der Waals surface area contributed by atoms with E-state index in [1.54, 1.807) is 36.4 Å². The van der Waals surface area contributed by atoms with Crippen LogP contribution >= 0.6 is 23.2 Å². The number of hydrogen-bond donors (Lipinski definition) is 1. The molecule has 2 N–H and O–H groups in total. The SMILES string of the molecule is Cc1cc(OCC(=O)ON=C(N)c2ccc(Cl)cc2)cc(C)c1Cl. The van der Waals surface area contributed by atoms with Crippen LogP contribution < -0.4 is 10.5 Å². The molecular weight excluding hydrogens is 351 g/mol. The van der Waals surface area contributed by atoms with Crippen molar-refractivity contribution in [1.29, 1.82) is 0 Å². The predicted molar refractivity (Wildman–Crippen MR) is 94.7 cm³/mol. The molecule has 0 unspecified atom stereocenters. The second kappa shape index (κ2) is 8.04. The number of carbonyl (C=O) groups excluding carboxylic acids is 1. The molecule has 5 nitrogen and oxygen atoms in total. The minimum absolute atomic E-state index is 0.0678. The first kappa shape index (κ1) is 18.1. The van der Waals surface area contributed by atoms with Crippen LogP contribution in [0.3, 0.4) is 0 Å². The Morgan fingerprint density at radius 1 is 1.12 bits per heavy atom. The van der Waals surface area contributed by atoms with E-state index >= 15 is 0 Å². The number of oxime groups is 1. The van der Waals surface area contributed by atoms with Crippen LogP contribution in [0, 0.1) is 13.8 Å². The Morgan fingerprint density at radius 2 is 1.71 bits per heavy atom. The fourth-order valence-corrected chi connectivity index (χ4v) is 2.17. The van der Waals surface area contributed by atoms with Gasteiger partial charge in [0.15, 0.2) is 12.4 Å². The highest BCUT2D eigenvalue weighted by Crippen LogP contribution is 2.25. The van der Waals surface area contributed by atoms with Gasteiger partial charge in [-0.2, -0.15) is 0 Å². The minimum Gasteiger partial charge on any atom is -0.482 e. The highest BCUT2D eigenvalue weighted by molar-refractivity contribution is 6.32. The van der Waals surface area contributed by atoms with Gasteiger partial charge in [-0.25, -0.2) is 4.79 Å². The van der Waals surface area contributed by atoms with E-state index in [0.29, 0.717) is 21.4 Å². The molecule has 0 aliphatic carbocycles. The van der Waals surface area contributed by atoms with Gasteiger partial charge in [-0.05, 0) is 61.4 Å². The molecule has 0 fully saturated rings. The second-order valence-corrected chi connectivity index (χ2v) is 5.92. The van der Waals surface area contributed by atoms with Crippen molar-refractivity contribution in [2.24, 2.45) is 10.9 Å². The summed E-state index contributed by atoms with van der Waals surface area (Å²) in [7, 11) is 0. The molecule has 0 radical (unpaired) electrons. The maximum Gasteiger partial charge on any atom is 0.372 e. The average Bonchev–Trinajstić information content (AvgIpc) is 2.56. The van der Waals surface area contributed by atoms with E-state index in [0.717, 1.165) is 11.1 Å². The first-order valence-corrected chi connectivity index (χ1v) is 7.81. The van der Waals surface area contributed by atoms with Crippen molar-refractivity contribution in [2.45, 2.75) is 13.8 Å². The van der Waals surface area contributed by atoms with Crippen molar-refractivity contribution in [2.75, 3.05) is 6.61 Å². The standard InChI is InChI=1S/C17H16Cl2N2O3/c1-10-7-14(8-11(2)16(10)19)23-9-15(22)24-21-17(20)12-3-5-13(18)6-4-12/h3-8H,9H2,1-2H3,(H2,20,21). The number of rotatable bonds is 5. The van der Waals surface area contributed by atoms with Crippen molar-refractivity contribution in [3.05, 3.63) is 63.1 Å². The average molecular weight is 367 g/mol. The topological polar surface area (TPSA) is 73.9 Å². The molecule has 0 atom stereocenters. The zero-order valence-corrected chi connectivity index (χ0v) is 14.7. The van der Waals surface area contributed by atoms with Gasteiger partial charge in [0, 0.05) is 15.6 Å². The van der Waals surface area contributed by atoms with Crippen LogP contribution in [0.15, 0.2) is 41.6 Å². The largest absolute Gasteiger partial charge is 0.482 e. The Hall–Kier alpha value is -2.24. The summed E-state index contributed by atoms with van der Waals surface area (Å²) in [6.07, 6.45) is 0. The number of hydrogen-bond acceptors (Lipinski definition) is 4. The van der Waals surface area contributed by atoms with E-state index in [4.69, 9.17) is 38.5 Å². The lowest BCUT2D eigenvalue weighted by Gasteiger charge is -2.08. The smallest absolute Gasteiger partial charge is 0.372 e. The van der Waals surface area contributed by atoms with Crippen molar-refractivity contribution in [1.82, 2.24) is 0 Å². The van der Waals surface area contributed by atoms with E-state index in [-0.39, 0.29) is 12.4 Å². The molecule has 126 valence electrons. The summed E-state index contributed by atoms with van der Waals surface area (Å²) in [5.41, 5.74) is 8.06. The third kappa shape index (κ3) is 4.88. The lowest BCUT2D eigenvalue weighted by Crippen LogP contribution is -2.18. The zero-order valence-electron chi connectivity index (χ0n) is 13.2. The summed E-state index contributed by atoms with van der Waals surface area (Å²) in [6, 6.07) is 10.2. The first-order chi connectivity index (χ1) is 11.4. The summed E-state index contributed by atoms with van der Waals surface area (Å²) in [5, 5.41) is 4.83. The van der Waals surface area contributed by atoms with Crippen LogP contribution in [0.4, 0.5) is 0 Å². The van der Waals surface area contributed by atoms with Crippen molar-refractivity contribution in [3.8, 4) is 5.75 Å². The van der Waals surface area contributed by atoms with Gasteiger partial charge in [-0.3, -0.25) is 0 Å². The molecule has 0 aliphatic heterocycles. The first-order valence-electron chi connectivity index (χ1n) is 7.05. The molecule has 2 rings (SSSR count). The Kier molecular flexibility index (Phi) is 6.06. The molecule has 0 saturated heterocycles. The number of halogens is 2. The van der Waals surface area contributed by atoms with Gasteiger partial charge in [0.05, 0.1) is 0 Å². The Balaban J connectivity index is 1.91. The van der Waals surface area contributed by atoms with Crippen LogP contribution in [-0.2, 0) is 9.63 Å².